The molecule has 43 heavy (non-hydrogen) atoms. The molecule has 2 amide bonds. The number of nitrogens with one attached hydrogen (secondary N) is 3. The Labute approximate surface area is 251 Å². The number of anilines is 3. The van der Waals surface area contributed by atoms with Crippen LogP contribution in [0.2, 0.25) is 0 Å². The second kappa shape index (κ2) is 13.4. The lowest BCUT2D eigenvalue weighted by atomic mass is 9.94. The molecule has 0 spiro atoms. The molecule has 2 aromatic heterocycles. The summed E-state index contributed by atoms with van der Waals surface area (Å²) in [7, 11) is 1.65. The Morgan fingerprint density at radius 1 is 1.21 bits per heavy atom. The fourth-order valence-corrected chi connectivity index (χ4v) is 4.81. The van der Waals surface area contributed by atoms with Crippen molar-refractivity contribution in [2.45, 2.75) is 65.2 Å². The van der Waals surface area contributed by atoms with E-state index in [2.05, 4.69) is 41.5 Å². The highest BCUT2D eigenvalue weighted by Crippen LogP contribution is 2.25. The smallest absolute Gasteiger partial charge is 0.410 e. The molecule has 3 N–H and O–H groups in total. The topological polar surface area (TPSA) is 135 Å². The van der Waals surface area contributed by atoms with Crippen molar-refractivity contribution >= 4 is 35.2 Å². The zero-order valence-electron chi connectivity index (χ0n) is 25.6. The number of likely N-dealkylation sites (tertiary alicyclic amines) is 1. The number of amides is 2. The highest BCUT2D eigenvalue weighted by Gasteiger charge is 2.33. The van der Waals surface area contributed by atoms with E-state index in [1.165, 1.54) is 0 Å². The van der Waals surface area contributed by atoms with E-state index in [4.69, 9.17) is 19.4 Å². The van der Waals surface area contributed by atoms with Gasteiger partial charge < -0.3 is 30.3 Å². The second-order valence-electron chi connectivity index (χ2n) is 11.9. The Hall–Kier alpha value is -4.26. The molecule has 12 nitrogen and oxygen atoms in total. The van der Waals surface area contributed by atoms with E-state index in [-0.39, 0.29) is 24.0 Å². The molecule has 1 fully saturated rings. The van der Waals surface area contributed by atoms with Crippen molar-refractivity contribution in [3.05, 3.63) is 54.0 Å². The van der Waals surface area contributed by atoms with Crippen molar-refractivity contribution in [3.63, 3.8) is 0 Å². The first-order valence-electron chi connectivity index (χ1n) is 14.3. The van der Waals surface area contributed by atoms with Crippen molar-refractivity contribution in [3.8, 4) is 0 Å². The Morgan fingerprint density at radius 2 is 1.98 bits per heavy atom. The summed E-state index contributed by atoms with van der Waals surface area (Å²) < 4.78 is 26.1. The first-order chi connectivity index (χ1) is 20.3. The molecule has 1 aromatic carbocycles. The minimum absolute atomic E-state index is 0.118. The minimum atomic E-state index is -1.06. The van der Waals surface area contributed by atoms with E-state index < -0.39 is 17.3 Å². The van der Waals surface area contributed by atoms with Crippen LogP contribution in [0.3, 0.4) is 0 Å². The van der Waals surface area contributed by atoms with Crippen LogP contribution >= 0.6 is 0 Å². The Bertz CT molecular complexity index is 1470. The number of rotatable bonds is 10. The summed E-state index contributed by atoms with van der Waals surface area (Å²) in [6.07, 6.45) is 1.99. The largest absolute Gasteiger partial charge is 0.444 e. The maximum Gasteiger partial charge on any atom is 0.410 e. The summed E-state index contributed by atoms with van der Waals surface area (Å²) in [4.78, 5) is 35.5. The zero-order valence-corrected chi connectivity index (χ0v) is 25.6. The van der Waals surface area contributed by atoms with Crippen LogP contribution in [-0.4, -0.2) is 74.9 Å². The number of methoxy groups -OCH3 is 1. The number of carbonyl (C=O) groups excluding carboxylic acids is 2. The van der Waals surface area contributed by atoms with Crippen LogP contribution in [0.5, 0.6) is 0 Å². The summed E-state index contributed by atoms with van der Waals surface area (Å²) in [5.74, 6) is -0.723. The normalized spacial score (nSPS) is 17.2. The molecule has 1 saturated heterocycles. The Kier molecular flexibility index (Phi) is 9.84. The van der Waals surface area contributed by atoms with E-state index in [0.29, 0.717) is 49.4 Å². The van der Waals surface area contributed by atoms with Crippen molar-refractivity contribution < 1.29 is 23.5 Å². The van der Waals surface area contributed by atoms with Gasteiger partial charge >= 0.3 is 6.09 Å². The number of hydrogen-bond donors (Lipinski definition) is 3. The van der Waals surface area contributed by atoms with Gasteiger partial charge in [-0.25, -0.2) is 9.18 Å². The number of halogens is 1. The molecule has 2 atom stereocenters. The molecular weight excluding hydrogens is 555 g/mol. The second-order valence-corrected chi connectivity index (χ2v) is 11.9. The molecule has 1 aliphatic rings. The summed E-state index contributed by atoms with van der Waals surface area (Å²) >= 11 is 0. The van der Waals surface area contributed by atoms with Crippen LogP contribution in [0.15, 0.2) is 42.9 Å². The zero-order chi connectivity index (χ0) is 31.3. The summed E-state index contributed by atoms with van der Waals surface area (Å²) in [6, 6.07) is 7.05. The number of ether oxygens (including phenoxy) is 2. The van der Waals surface area contributed by atoms with Crippen LogP contribution in [0.1, 0.15) is 58.1 Å². The van der Waals surface area contributed by atoms with Crippen molar-refractivity contribution in [1.29, 1.82) is 0 Å². The van der Waals surface area contributed by atoms with Gasteiger partial charge in [0.25, 0.3) is 5.91 Å². The molecule has 0 bridgehead atoms. The standard InChI is InChI=1S/C30H41FN8O4/c1-18(2)23-16-34-39-25(23)36-27(32-15-21-11-12-38(17-24(21)42-7)29(41)43-30(4,5)6)37-28(39)33-14-20-9-8-10-22(13-20)35-26(40)19(3)31/h8-10,13,16,18,21,24H,3,11-12,14-15,17H2,1-2,4-7H3,(H,35,40)(H2,32,33,36,37)/t21-,24+/m1/s1. The number of benzene rings is 1. The average Bonchev–Trinajstić information content (AvgIpc) is 3.38. The van der Waals surface area contributed by atoms with E-state index in [0.717, 1.165) is 17.5 Å². The van der Waals surface area contributed by atoms with Crippen molar-refractivity contribution in [2.24, 2.45) is 5.92 Å². The third-order valence-corrected chi connectivity index (χ3v) is 7.07. The van der Waals surface area contributed by atoms with Crippen LogP contribution in [0, 0.1) is 5.92 Å². The quantitative estimate of drug-likeness (QED) is 0.277. The van der Waals surface area contributed by atoms with Gasteiger partial charge in [-0.3, -0.25) is 4.79 Å². The summed E-state index contributed by atoms with van der Waals surface area (Å²) in [5, 5.41) is 13.7. The first-order valence-corrected chi connectivity index (χ1v) is 14.3. The van der Waals surface area contributed by atoms with Gasteiger partial charge in [0.2, 0.25) is 11.9 Å². The molecule has 0 aliphatic carbocycles. The van der Waals surface area contributed by atoms with Crippen LogP contribution < -0.4 is 16.0 Å². The van der Waals surface area contributed by atoms with E-state index in [1.807, 2.05) is 26.8 Å². The average molecular weight is 597 g/mol. The lowest BCUT2D eigenvalue weighted by molar-refractivity contribution is -0.114. The maximum atomic E-state index is 13.1. The number of carbonyl (C=O) groups is 2. The molecule has 0 unspecified atom stereocenters. The first kappa shape index (κ1) is 31.7. The van der Waals surface area contributed by atoms with Gasteiger partial charge in [-0.15, -0.1) is 0 Å². The summed E-state index contributed by atoms with van der Waals surface area (Å²) in [6.45, 7) is 14.6. The van der Waals surface area contributed by atoms with Gasteiger partial charge in [-0.1, -0.05) is 32.6 Å². The molecule has 1 aliphatic heterocycles. The lowest BCUT2D eigenvalue weighted by Gasteiger charge is -2.38. The predicted molar refractivity (Wildman–Crippen MR) is 163 cm³/mol. The number of nitrogens with zero attached hydrogens (tertiary/aromatic N) is 5. The van der Waals surface area contributed by atoms with E-state index >= 15 is 0 Å². The number of fused-ring (bicyclic) bond motifs is 1. The van der Waals surface area contributed by atoms with Crippen LogP contribution in [0.25, 0.3) is 5.65 Å². The van der Waals surface area contributed by atoms with Gasteiger partial charge in [0.15, 0.2) is 11.5 Å². The monoisotopic (exact) mass is 596 g/mol. The molecule has 13 heteroatoms. The van der Waals surface area contributed by atoms with Gasteiger partial charge in [0.1, 0.15) is 5.60 Å². The SMILES string of the molecule is C=C(F)C(=O)Nc1cccc(CNc2nc(NC[C@H]3CCN(C(=O)OC(C)(C)C)C[C@@H]3OC)nc3c(C(C)C)cnn23)c1. The Morgan fingerprint density at radius 3 is 2.65 bits per heavy atom. The number of piperidine rings is 1. The predicted octanol–water partition coefficient (Wildman–Crippen LogP) is 4.97. The molecule has 0 saturated carbocycles. The van der Waals surface area contributed by atoms with E-state index in [9.17, 15) is 14.0 Å². The summed E-state index contributed by atoms with van der Waals surface area (Å²) in [5.41, 5.74) is 2.38. The van der Waals surface area contributed by atoms with E-state index in [1.54, 1.807) is 40.9 Å². The number of aromatic nitrogens is 4. The van der Waals surface area contributed by atoms with Crippen LogP contribution in [-0.2, 0) is 20.8 Å². The molecular formula is C30H41FN8O4. The molecule has 3 heterocycles. The van der Waals surface area contributed by atoms with Gasteiger partial charge in [0, 0.05) is 43.9 Å². The third kappa shape index (κ3) is 8.19. The Balaban J connectivity index is 1.48. The maximum absolute atomic E-state index is 13.1. The van der Waals surface area contributed by atoms with Crippen molar-refractivity contribution in [1.82, 2.24) is 24.5 Å². The van der Waals surface area contributed by atoms with Crippen molar-refractivity contribution in [2.75, 3.05) is 42.7 Å². The molecule has 3 aromatic rings. The third-order valence-electron chi connectivity index (χ3n) is 7.07. The molecule has 4 rings (SSSR count). The van der Waals surface area contributed by atoms with Gasteiger partial charge in [-0.05, 0) is 50.8 Å². The fourth-order valence-electron chi connectivity index (χ4n) is 4.81. The highest BCUT2D eigenvalue weighted by molar-refractivity contribution is 6.01. The van der Waals surface area contributed by atoms with Gasteiger partial charge in [-0.2, -0.15) is 19.6 Å². The fraction of sp³-hybridized carbons (Fsp3) is 0.500. The minimum Gasteiger partial charge on any atom is -0.444 e. The molecule has 0 radical (unpaired) electrons. The molecule has 232 valence electrons. The van der Waals surface area contributed by atoms with Crippen LogP contribution in [0.4, 0.5) is 26.8 Å². The lowest BCUT2D eigenvalue weighted by Crippen LogP contribution is -2.50. The highest BCUT2D eigenvalue weighted by atomic mass is 19.1. The number of hydrogen-bond acceptors (Lipinski definition) is 9. The van der Waals surface area contributed by atoms with Gasteiger partial charge in [0.05, 0.1) is 18.8 Å².